The molecule has 4 rings (SSSR count). The molecule has 0 spiro atoms. The lowest BCUT2D eigenvalue weighted by Crippen LogP contribution is -2.47. The highest BCUT2D eigenvalue weighted by atomic mass is 16.7. The van der Waals surface area contributed by atoms with E-state index in [1.165, 1.54) is 0 Å². The highest BCUT2D eigenvalue weighted by molar-refractivity contribution is 5.90. The summed E-state index contributed by atoms with van der Waals surface area (Å²) in [6.07, 6.45) is -2.67. The fourth-order valence-corrected chi connectivity index (χ4v) is 3.36. The average molecular weight is 446 g/mol. The van der Waals surface area contributed by atoms with Crippen LogP contribution in [0.3, 0.4) is 0 Å². The first kappa shape index (κ1) is 22.2. The summed E-state index contributed by atoms with van der Waals surface area (Å²) in [7, 11) is 0. The van der Waals surface area contributed by atoms with Gasteiger partial charge < -0.3 is 18.9 Å². The average Bonchev–Trinajstić information content (AvgIpc) is 2.87. The van der Waals surface area contributed by atoms with Crippen molar-refractivity contribution in [1.82, 2.24) is 0 Å². The molecule has 0 amide bonds. The maximum atomic E-state index is 12.6. The molecule has 168 valence electrons. The molecule has 1 saturated heterocycles. The minimum absolute atomic E-state index is 0.00923. The number of carbonyl (C=O) groups is 3. The van der Waals surface area contributed by atoms with Crippen LogP contribution in [0.5, 0.6) is 0 Å². The van der Waals surface area contributed by atoms with Crippen molar-refractivity contribution in [1.29, 1.82) is 0 Å². The van der Waals surface area contributed by atoms with Crippen LogP contribution in [0.4, 0.5) is 0 Å². The van der Waals surface area contributed by atoms with Crippen molar-refractivity contribution in [2.75, 3.05) is 6.61 Å². The maximum Gasteiger partial charge on any atom is 0.340 e. The Morgan fingerprint density at radius 1 is 0.606 bits per heavy atom. The number of carbonyl (C=O) groups excluding carboxylic acids is 3. The molecular weight excluding hydrogens is 424 g/mol. The van der Waals surface area contributed by atoms with Crippen LogP contribution in [-0.2, 0) is 18.9 Å². The van der Waals surface area contributed by atoms with E-state index in [2.05, 4.69) is 0 Å². The monoisotopic (exact) mass is 446 g/mol. The van der Waals surface area contributed by atoms with Crippen LogP contribution in [0, 0.1) is 0 Å². The molecule has 3 atom stereocenters. The van der Waals surface area contributed by atoms with Crippen molar-refractivity contribution in [2.45, 2.75) is 24.9 Å². The smallest absolute Gasteiger partial charge is 0.340 e. The minimum Gasteiger partial charge on any atom is -0.456 e. The van der Waals surface area contributed by atoms with E-state index in [-0.39, 0.29) is 13.0 Å². The van der Waals surface area contributed by atoms with Crippen LogP contribution in [-0.4, -0.2) is 43.0 Å². The predicted octanol–water partition coefficient (Wildman–Crippen LogP) is 4.04. The van der Waals surface area contributed by atoms with Gasteiger partial charge in [-0.05, 0) is 36.4 Å². The Bertz CT molecular complexity index is 1080. The lowest BCUT2D eigenvalue weighted by atomic mass is 10.1. The van der Waals surface area contributed by atoms with Gasteiger partial charge in [-0.2, -0.15) is 0 Å². The zero-order valence-corrected chi connectivity index (χ0v) is 17.7. The number of ether oxygens (including phenoxy) is 4. The number of benzene rings is 3. The lowest BCUT2D eigenvalue weighted by Gasteiger charge is -2.34. The molecule has 0 aromatic heterocycles. The molecule has 1 aliphatic rings. The van der Waals surface area contributed by atoms with Crippen LogP contribution < -0.4 is 0 Å². The van der Waals surface area contributed by atoms with Crippen molar-refractivity contribution in [3.8, 4) is 0 Å². The van der Waals surface area contributed by atoms with E-state index in [4.69, 9.17) is 18.9 Å². The van der Waals surface area contributed by atoms with Crippen molar-refractivity contribution < 1.29 is 33.3 Å². The lowest BCUT2D eigenvalue weighted by molar-refractivity contribution is -0.212. The normalized spacial score (nSPS) is 19.8. The van der Waals surface area contributed by atoms with Crippen LogP contribution in [0.15, 0.2) is 91.0 Å². The Balaban J connectivity index is 1.47. The van der Waals surface area contributed by atoms with Crippen LogP contribution in [0.1, 0.15) is 37.5 Å². The summed E-state index contributed by atoms with van der Waals surface area (Å²) in [6, 6.07) is 25.4. The van der Waals surface area contributed by atoms with Crippen molar-refractivity contribution >= 4 is 17.9 Å². The molecule has 1 heterocycles. The molecule has 0 unspecified atom stereocenters. The van der Waals surface area contributed by atoms with Gasteiger partial charge in [0.25, 0.3) is 0 Å². The first-order chi connectivity index (χ1) is 16.1. The van der Waals surface area contributed by atoms with E-state index < -0.39 is 36.4 Å². The van der Waals surface area contributed by atoms with Crippen molar-refractivity contribution in [3.63, 3.8) is 0 Å². The van der Waals surface area contributed by atoms with Crippen LogP contribution >= 0.6 is 0 Å². The number of hydrogen-bond donors (Lipinski definition) is 0. The molecule has 7 nitrogen and oxygen atoms in total. The van der Waals surface area contributed by atoms with Crippen molar-refractivity contribution in [2.24, 2.45) is 0 Å². The van der Waals surface area contributed by atoms with E-state index in [1.807, 2.05) is 0 Å². The predicted molar refractivity (Wildman–Crippen MR) is 118 cm³/mol. The summed E-state index contributed by atoms with van der Waals surface area (Å²) in [6.45, 7) is -0.00923. The van der Waals surface area contributed by atoms with Gasteiger partial charge in [-0.3, -0.25) is 0 Å². The first-order valence-electron chi connectivity index (χ1n) is 10.5. The molecule has 33 heavy (non-hydrogen) atoms. The van der Waals surface area contributed by atoms with Gasteiger partial charge in [0, 0.05) is 6.42 Å². The first-order valence-corrected chi connectivity index (χ1v) is 10.5. The zero-order valence-electron chi connectivity index (χ0n) is 17.7. The Kier molecular flexibility index (Phi) is 7.12. The zero-order chi connectivity index (χ0) is 23.0. The van der Waals surface area contributed by atoms with Gasteiger partial charge in [0.05, 0.1) is 23.3 Å². The fraction of sp³-hybridized carbons (Fsp3) is 0.192. The second kappa shape index (κ2) is 10.6. The SMILES string of the molecule is O=C(O[C@@H]1CO[C@H](OC(=O)c2ccccc2)[C@H](OC(=O)c2ccccc2)C1)c1ccccc1. The summed E-state index contributed by atoms with van der Waals surface area (Å²) in [5, 5.41) is 0. The van der Waals surface area contributed by atoms with Gasteiger partial charge in [-0.1, -0.05) is 54.6 Å². The van der Waals surface area contributed by atoms with Gasteiger partial charge in [-0.15, -0.1) is 0 Å². The quantitative estimate of drug-likeness (QED) is 0.417. The van der Waals surface area contributed by atoms with E-state index in [9.17, 15) is 14.4 Å². The standard InChI is InChI=1S/C26H22O7/c27-23(18-10-4-1-5-11-18)31-21-16-22(32-24(28)19-12-6-2-7-13-19)26(30-17-21)33-25(29)20-14-8-3-9-15-20/h1-15,21-22,26H,16-17H2/t21-,22+,26+/m0/s1. The molecule has 0 saturated carbocycles. The highest BCUT2D eigenvalue weighted by Gasteiger charge is 2.39. The van der Waals surface area contributed by atoms with Crippen molar-refractivity contribution in [3.05, 3.63) is 108 Å². The third-order valence-electron chi connectivity index (χ3n) is 5.03. The second-order valence-corrected chi connectivity index (χ2v) is 7.41. The molecular formula is C26H22O7. The van der Waals surface area contributed by atoms with Gasteiger partial charge in [0.15, 0.2) is 6.10 Å². The second-order valence-electron chi connectivity index (χ2n) is 7.41. The summed E-state index contributed by atoms with van der Waals surface area (Å²) >= 11 is 0. The van der Waals surface area contributed by atoms with E-state index in [1.54, 1.807) is 91.0 Å². The van der Waals surface area contributed by atoms with Crippen LogP contribution in [0.2, 0.25) is 0 Å². The van der Waals surface area contributed by atoms with Gasteiger partial charge >= 0.3 is 17.9 Å². The Morgan fingerprint density at radius 3 is 1.52 bits per heavy atom. The molecule has 3 aromatic carbocycles. The summed E-state index contributed by atoms with van der Waals surface area (Å²) < 4.78 is 22.3. The van der Waals surface area contributed by atoms with E-state index in [0.717, 1.165) is 0 Å². The third kappa shape index (κ3) is 5.84. The van der Waals surface area contributed by atoms with Gasteiger partial charge in [0.2, 0.25) is 6.29 Å². The molecule has 0 bridgehead atoms. The topological polar surface area (TPSA) is 88.1 Å². The molecule has 1 aliphatic heterocycles. The molecule has 7 heteroatoms. The molecule has 0 radical (unpaired) electrons. The number of rotatable bonds is 6. The summed E-state index contributed by atoms with van der Waals surface area (Å²) in [5.74, 6) is -1.72. The highest BCUT2D eigenvalue weighted by Crippen LogP contribution is 2.24. The number of esters is 3. The Morgan fingerprint density at radius 2 is 1.03 bits per heavy atom. The van der Waals surface area contributed by atoms with Gasteiger partial charge in [-0.25, -0.2) is 14.4 Å². The van der Waals surface area contributed by atoms with E-state index in [0.29, 0.717) is 16.7 Å². The third-order valence-corrected chi connectivity index (χ3v) is 5.03. The maximum absolute atomic E-state index is 12.6. The largest absolute Gasteiger partial charge is 0.456 e. The Hall–Kier alpha value is -3.97. The number of hydrogen-bond acceptors (Lipinski definition) is 7. The minimum atomic E-state index is -1.14. The van der Waals surface area contributed by atoms with Crippen LogP contribution in [0.25, 0.3) is 0 Å². The molecule has 3 aromatic rings. The summed E-state index contributed by atoms with van der Waals surface area (Å²) in [4.78, 5) is 37.6. The molecule has 0 aliphatic carbocycles. The molecule has 1 fully saturated rings. The fourth-order valence-electron chi connectivity index (χ4n) is 3.36. The molecule has 0 N–H and O–H groups in total. The van der Waals surface area contributed by atoms with Gasteiger partial charge in [0.1, 0.15) is 6.10 Å². The Labute approximate surface area is 190 Å². The summed E-state index contributed by atoms with van der Waals surface area (Å²) in [5.41, 5.74) is 1.08. The van der Waals surface area contributed by atoms with E-state index >= 15 is 0 Å².